The highest BCUT2D eigenvalue weighted by molar-refractivity contribution is 6.43. The Morgan fingerprint density at radius 2 is 1.88 bits per heavy atom. The number of amides is 1. The Kier molecular flexibility index (Phi) is 5.85. The van der Waals surface area contributed by atoms with Crippen LogP contribution in [0.25, 0.3) is 0 Å². The lowest BCUT2D eigenvalue weighted by Gasteiger charge is -2.26. The molecule has 2 aromatic carbocycles. The van der Waals surface area contributed by atoms with Gasteiger partial charge in [-0.15, -0.1) is 0 Å². The van der Waals surface area contributed by atoms with Crippen LogP contribution in [-0.4, -0.2) is 37.7 Å². The Hall–Kier alpha value is -2.44. The number of halogens is 2. The molecular weight excluding hydrogens is 381 g/mol. The highest BCUT2D eigenvalue weighted by atomic mass is 35.5. The Bertz CT molecular complexity index is 827. The van der Waals surface area contributed by atoms with Gasteiger partial charge in [0, 0.05) is 0 Å². The van der Waals surface area contributed by atoms with Crippen LogP contribution in [-0.2, 0) is 9.53 Å². The molecule has 26 heavy (non-hydrogen) atoms. The zero-order valence-corrected chi connectivity index (χ0v) is 15.0. The summed E-state index contributed by atoms with van der Waals surface area (Å²) in [7, 11) is 0. The van der Waals surface area contributed by atoms with Gasteiger partial charge in [0.1, 0.15) is 12.7 Å². The third-order valence-electron chi connectivity index (χ3n) is 3.60. The molecule has 0 spiro atoms. The van der Waals surface area contributed by atoms with Gasteiger partial charge in [0.15, 0.2) is 18.1 Å². The third kappa shape index (κ3) is 4.39. The largest absolute Gasteiger partial charge is 0.486 e. The van der Waals surface area contributed by atoms with E-state index in [1.165, 1.54) is 6.07 Å². The van der Waals surface area contributed by atoms with E-state index in [0.29, 0.717) is 18.1 Å². The van der Waals surface area contributed by atoms with Crippen molar-refractivity contribution in [2.45, 2.75) is 6.10 Å². The van der Waals surface area contributed by atoms with Crippen molar-refractivity contribution in [1.82, 2.24) is 5.32 Å². The summed E-state index contributed by atoms with van der Waals surface area (Å²) in [5.41, 5.74) is 0.104. The topological polar surface area (TPSA) is 73.9 Å². The first-order chi connectivity index (χ1) is 12.5. The van der Waals surface area contributed by atoms with Crippen LogP contribution < -0.4 is 14.8 Å². The van der Waals surface area contributed by atoms with Crippen molar-refractivity contribution < 1.29 is 23.8 Å². The first-order valence-electron chi connectivity index (χ1n) is 7.81. The number of carbonyl (C=O) groups is 2. The van der Waals surface area contributed by atoms with E-state index in [9.17, 15) is 9.59 Å². The number of fused-ring (bicyclic) bond motifs is 1. The Morgan fingerprint density at radius 1 is 1.12 bits per heavy atom. The molecule has 1 heterocycles. The van der Waals surface area contributed by atoms with Gasteiger partial charge in [-0.05, 0) is 24.3 Å². The van der Waals surface area contributed by atoms with E-state index < -0.39 is 18.5 Å². The predicted octanol–water partition coefficient (Wildman–Crippen LogP) is 3.11. The van der Waals surface area contributed by atoms with Crippen molar-refractivity contribution in [3.63, 3.8) is 0 Å². The van der Waals surface area contributed by atoms with Gasteiger partial charge in [0.25, 0.3) is 5.91 Å². The number of rotatable bonds is 5. The fourth-order valence-electron chi connectivity index (χ4n) is 2.31. The van der Waals surface area contributed by atoms with Crippen LogP contribution in [0.4, 0.5) is 0 Å². The average molecular weight is 396 g/mol. The summed E-state index contributed by atoms with van der Waals surface area (Å²) >= 11 is 11.8. The van der Waals surface area contributed by atoms with Crippen molar-refractivity contribution in [3.05, 3.63) is 58.1 Å². The number of benzene rings is 2. The summed E-state index contributed by atoms with van der Waals surface area (Å²) in [6.45, 7) is 0.101. The second-order valence-corrected chi connectivity index (χ2v) is 6.26. The quantitative estimate of drug-likeness (QED) is 0.787. The van der Waals surface area contributed by atoms with Crippen molar-refractivity contribution in [2.24, 2.45) is 0 Å². The van der Waals surface area contributed by atoms with Gasteiger partial charge >= 0.3 is 5.97 Å². The van der Waals surface area contributed by atoms with E-state index in [2.05, 4.69) is 5.32 Å². The first-order valence-corrected chi connectivity index (χ1v) is 8.56. The fourth-order valence-corrected chi connectivity index (χ4v) is 2.69. The van der Waals surface area contributed by atoms with Crippen LogP contribution in [0, 0.1) is 0 Å². The summed E-state index contributed by atoms with van der Waals surface area (Å²) in [5.74, 6) is 0.111. The molecule has 0 saturated carbocycles. The molecule has 3 rings (SSSR count). The predicted molar refractivity (Wildman–Crippen MR) is 96.1 cm³/mol. The Balaban J connectivity index is 1.45. The number of para-hydroxylation sites is 2. The smallest absolute Gasteiger partial charge is 0.340 e. The second-order valence-electron chi connectivity index (χ2n) is 5.48. The SMILES string of the molecule is O=C(COC(=O)c1cccc(Cl)c1Cl)NCC1COc2ccccc2O1. The Labute approximate surface area is 159 Å². The summed E-state index contributed by atoms with van der Waals surface area (Å²) in [6, 6.07) is 11.9. The van der Waals surface area contributed by atoms with Gasteiger partial charge in [0.2, 0.25) is 0 Å². The average Bonchev–Trinajstić information content (AvgIpc) is 2.66. The highest BCUT2D eigenvalue weighted by Gasteiger charge is 2.21. The molecule has 0 aliphatic carbocycles. The minimum atomic E-state index is -0.723. The molecular formula is C18H15Cl2NO5. The number of hydrogen-bond acceptors (Lipinski definition) is 5. The zero-order valence-electron chi connectivity index (χ0n) is 13.5. The van der Waals surface area contributed by atoms with Crippen molar-refractivity contribution in [2.75, 3.05) is 19.8 Å². The molecule has 0 radical (unpaired) electrons. The van der Waals surface area contributed by atoms with Gasteiger partial charge in [-0.2, -0.15) is 0 Å². The molecule has 1 unspecified atom stereocenters. The molecule has 1 amide bonds. The highest BCUT2D eigenvalue weighted by Crippen LogP contribution is 2.30. The van der Waals surface area contributed by atoms with E-state index in [1.54, 1.807) is 18.2 Å². The van der Waals surface area contributed by atoms with Crippen molar-refractivity contribution >= 4 is 35.1 Å². The van der Waals surface area contributed by atoms with Gasteiger partial charge in [-0.1, -0.05) is 41.4 Å². The van der Waals surface area contributed by atoms with Gasteiger partial charge in [0.05, 0.1) is 22.2 Å². The minimum Gasteiger partial charge on any atom is -0.486 e. The summed E-state index contributed by atoms with van der Waals surface area (Å²) in [6.07, 6.45) is -0.327. The van der Waals surface area contributed by atoms with E-state index in [0.717, 1.165) is 0 Å². The molecule has 2 aromatic rings. The number of ether oxygens (including phenoxy) is 3. The van der Waals surface area contributed by atoms with E-state index in [-0.39, 0.29) is 28.3 Å². The molecule has 136 valence electrons. The van der Waals surface area contributed by atoms with Gasteiger partial charge in [-0.25, -0.2) is 4.79 Å². The molecule has 0 aromatic heterocycles. The lowest BCUT2D eigenvalue weighted by atomic mass is 10.2. The number of esters is 1. The molecule has 0 saturated heterocycles. The molecule has 0 bridgehead atoms. The monoisotopic (exact) mass is 395 g/mol. The van der Waals surface area contributed by atoms with E-state index in [4.69, 9.17) is 37.4 Å². The lowest BCUT2D eigenvalue weighted by Crippen LogP contribution is -2.42. The molecule has 1 aliphatic heterocycles. The maximum atomic E-state index is 12.0. The lowest BCUT2D eigenvalue weighted by molar-refractivity contribution is -0.124. The molecule has 0 fully saturated rings. The maximum Gasteiger partial charge on any atom is 0.340 e. The number of hydrogen-bond donors (Lipinski definition) is 1. The molecule has 1 aliphatic rings. The molecule has 6 nitrogen and oxygen atoms in total. The maximum absolute atomic E-state index is 12.0. The van der Waals surface area contributed by atoms with Crippen LogP contribution in [0.2, 0.25) is 10.0 Å². The molecule has 1 atom stereocenters. The van der Waals surface area contributed by atoms with Crippen LogP contribution in [0.5, 0.6) is 11.5 Å². The standard InChI is InChI=1S/C18H15Cl2NO5/c19-13-5-3-4-12(17(13)20)18(23)25-10-16(22)21-8-11-9-24-14-6-1-2-7-15(14)26-11/h1-7,11H,8-10H2,(H,21,22). The molecule has 1 N–H and O–H groups in total. The normalized spacial score (nSPS) is 15.2. The van der Waals surface area contributed by atoms with Crippen molar-refractivity contribution in [1.29, 1.82) is 0 Å². The van der Waals surface area contributed by atoms with E-state index >= 15 is 0 Å². The third-order valence-corrected chi connectivity index (χ3v) is 4.42. The summed E-state index contributed by atoms with van der Waals surface area (Å²) in [4.78, 5) is 23.9. The number of carbonyl (C=O) groups excluding carboxylic acids is 2. The summed E-state index contributed by atoms with van der Waals surface area (Å²) < 4.78 is 16.2. The van der Waals surface area contributed by atoms with Gasteiger partial charge in [-0.3, -0.25) is 4.79 Å². The van der Waals surface area contributed by atoms with Gasteiger partial charge < -0.3 is 19.5 Å². The van der Waals surface area contributed by atoms with Crippen LogP contribution >= 0.6 is 23.2 Å². The fraction of sp³-hybridized carbons (Fsp3) is 0.222. The first kappa shape index (κ1) is 18.4. The second kappa shape index (κ2) is 8.29. The van der Waals surface area contributed by atoms with Crippen LogP contribution in [0.1, 0.15) is 10.4 Å². The van der Waals surface area contributed by atoms with Crippen molar-refractivity contribution in [3.8, 4) is 11.5 Å². The number of nitrogens with one attached hydrogen (secondary N) is 1. The minimum absolute atomic E-state index is 0.0889. The van der Waals surface area contributed by atoms with Crippen LogP contribution in [0.3, 0.4) is 0 Å². The Morgan fingerprint density at radius 3 is 2.69 bits per heavy atom. The van der Waals surface area contributed by atoms with E-state index in [1.807, 2.05) is 18.2 Å². The van der Waals surface area contributed by atoms with Crippen LogP contribution in [0.15, 0.2) is 42.5 Å². The zero-order chi connectivity index (χ0) is 18.5. The molecule has 8 heteroatoms. The summed E-state index contributed by atoms with van der Waals surface area (Å²) in [5, 5.41) is 2.96.